The predicted octanol–water partition coefficient (Wildman–Crippen LogP) is 1.16. The van der Waals surface area contributed by atoms with Gasteiger partial charge in [-0.15, -0.1) is 0 Å². The summed E-state index contributed by atoms with van der Waals surface area (Å²) in [6.45, 7) is 0.0500. The number of nitrogens with zero attached hydrogens (tertiary/aromatic N) is 2. The van der Waals surface area contributed by atoms with Crippen LogP contribution in [0.15, 0.2) is 18.3 Å². The van der Waals surface area contributed by atoms with Gasteiger partial charge in [0.1, 0.15) is 6.54 Å². The van der Waals surface area contributed by atoms with Gasteiger partial charge in [-0.2, -0.15) is 4.39 Å². The lowest BCUT2D eigenvalue weighted by atomic mass is 10.2. The molecule has 0 radical (unpaired) electrons. The van der Waals surface area contributed by atoms with E-state index < -0.39 is 17.8 Å². The van der Waals surface area contributed by atoms with Crippen LogP contribution in [0.1, 0.15) is 23.2 Å². The Morgan fingerprint density at radius 2 is 2.22 bits per heavy atom. The van der Waals surface area contributed by atoms with Crippen molar-refractivity contribution in [1.29, 1.82) is 0 Å². The van der Waals surface area contributed by atoms with Crippen molar-refractivity contribution in [3.63, 3.8) is 0 Å². The zero-order valence-electron chi connectivity index (χ0n) is 9.67. The van der Waals surface area contributed by atoms with Gasteiger partial charge >= 0.3 is 5.97 Å². The first-order valence-electron chi connectivity index (χ1n) is 5.69. The number of pyridine rings is 1. The van der Waals surface area contributed by atoms with E-state index in [0.29, 0.717) is 12.5 Å². The van der Waals surface area contributed by atoms with Gasteiger partial charge in [-0.1, -0.05) is 0 Å². The molecule has 0 atom stereocenters. The van der Waals surface area contributed by atoms with Crippen molar-refractivity contribution in [2.45, 2.75) is 12.8 Å². The number of carbonyl (C=O) groups excluding carboxylic acids is 1. The van der Waals surface area contributed by atoms with E-state index in [1.54, 1.807) is 0 Å². The van der Waals surface area contributed by atoms with Gasteiger partial charge in [-0.25, -0.2) is 4.98 Å². The summed E-state index contributed by atoms with van der Waals surface area (Å²) in [5.74, 6) is -1.91. The highest BCUT2D eigenvalue weighted by Gasteiger charge is 2.28. The predicted molar refractivity (Wildman–Crippen MR) is 60.5 cm³/mol. The number of carboxylic acids is 1. The van der Waals surface area contributed by atoms with Crippen LogP contribution in [0.2, 0.25) is 0 Å². The SMILES string of the molecule is O=C(O)CN(CC1CC1)C(=O)c1ccnc(F)c1. The third-order valence-corrected chi connectivity index (χ3v) is 2.76. The smallest absolute Gasteiger partial charge is 0.323 e. The number of halogens is 1. The summed E-state index contributed by atoms with van der Waals surface area (Å²) in [5, 5.41) is 8.79. The molecule has 96 valence electrons. The van der Waals surface area contributed by atoms with Crippen molar-refractivity contribution < 1.29 is 19.1 Å². The molecule has 18 heavy (non-hydrogen) atoms. The molecular weight excluding hydrogens is 239 g/mol. The summed E-state index contributed by atoms with van der Waals surface area (Å²) in [7, 11) is 0. The van der Waals surface area contributed by atoms with Gasteiger partial charge in [-0.05, 0) is 24.8 Å². The molecule has 0 saturated heterocycles. The van der Waals surface area contributed by atoms with Crippen LogP contribution in [-0.2, 0) is 4.79 Å². The fourth-order valence-electron chi connectivity index (χ4n) is 1.71. The molecule has 6 heteroatoms. The first-order chi connectivity index (χ1) is 8.56. The van der Waals surface area contributed by atoms with E-state index in [2.05, 4.69) is 4.98 Å². The Hall–Kier alpha value is -1.98. The number of hydrogen-bond acceptors (Lipinski definition) is 3. The molecule has 2 rings (SSSR count). The molecule has 0 bridgehead atoms. The van der Waals surface area contributed by atoms with Crippen molar-refractivity contribution in [3.8, 4) is 0 Å². The molecule has 0 aromatic carbocycles. The molecule has 0 unspecified atom stereocenters. The van der Waals surface area contributed by atoms with E-state index in [1.807, 2.05) is 0 Å². The summed E-state index contributed by atoms with van der Waals surface area (Å²) in [4.78, 5) is 27.4. The minimum Gasteiger partial charge on any atom is -0.480 e. The van der Waals surface area contributed by atoms with E-state index >= 15 is 0 Å². The van der Waals surface area contributed by atoms with E-state index in [-0.39, 0.29) is 12.1 Å². The minimum atomic E-state index is -1.07. The molecule has 0 spiro atoms. The van der Waals surface area contributed by atoms with Crippen molar-refractivity contribution in [2.24, 2.45) is 5.92 Å². The molecule has 1 aliphatic rings. The molecule has 1 N–H and O–H groups in total. The van der Waals surface area contributed by atoms with Crippen LogP contribution in [0.5, 0.6) is 0 Å². The van der Waals surface area contributed by atoms with Gasteiger partial charge < -0.3 is 10.0 Å². The quantitative estimate of drug-likeness (QED) is 0.798. The minimum absolute atomic E-state index is 0.129. The van der Waals surface area contributed by atoms with E-state index in [1.165, 1.54) is 17.2 Å². The molecule has 0 aliphatic heterocycles. The standard InChI is InChI=1S/C12H13FN2O3/c13-10-5-9(3-4-14-10)12(18)15(7-11(16)17)6-8-1-2-8/h3-5,8H,1-2,6-7H2,(H,16,17). The zero-order chi connectivity index (χ0) is 13.1. The summed E-state index contributed by atoms with van der Waals surface area (Å²) >= 11 is 0. The Balaban J connectivity index is 2.12. The van der Waals surface area contributed by atoms with Gasteiger partial charge in [-0.3, -0.25) is 9.59 Å². The first-order valence-corrected chi connectivity index (χ1v) is 5.69. The first kappa shape index (κ1) is 12.5. The largest absolute Gasteiger partial charge is 0.480 e. The lowest BCUT2D eigenvalue weighted by Crippen LogP contribution is -2.37. The number of aliphatic carboxylic acids is 1. The van der Waals surface area contributed by atoms with Gasteiger partial charge in [0.25, 0.3) is 5.91 Å². The summed E-state index contributed by atoms with van der Waals surface area (Å²) in [6, 6.07) is 2.40. The molecule has 1 saturated carbocycles. The summed E-state index contributed by atoms with van der Waals surface area (Å²) < 4.78 is 12.9. The molecule has 1 amide bonds. The number of amides is 1. The average Bonchev–Trinajstić information content (AvgIpc) is 3.10. The van der Waals surface area contributed by atoms with Crippen LogP contribution in [0.3, 0.4) is 0 Å². The third kappa shape index (κ3) is 3.26. The lowest BCUT2D eigenvalue weighted by Gasteiger charge is -2.20. The van der Waals surface area contributed by atoms with E-state index in [0.717, 1.165) is 18.9 Å². The highest BCUT2D eigenvalue weighted by molar-refractivity contribution is 5.95. The second kappa shape index (κ2) is 5.12. The van der Waals surface area contributed by atoms with Crippen molar-refractivity contribution in [3.05, 3.63) is 29.8 Å². The maximum absolute atomic E-state index is 12.9. The van der Waals surface area contributed by atoms with Crippen molar-refractivity contribution in [1.82, 2.24) is 9.88 Å². The van der Waals surface area contributed by atoms with E-state index in [4.69, 9.17) is 5.11 Å². The number of rotatable bonds is 5. The van der Waals surface area contributed by atoms with Crippen LogP contribution >= 0.6 is 0 Å². The molecular formula is C12H13FN2O3. The van der Waals surface area contributed by atoms with Crippen LogP contribution < -0.4 is 0 Å². The van der Waals surface area contributed by atoms with Crippen molar-refractivity contribution in [2.75, 3.05) is 13.1 Å². The van der Waals surface area contributed by atoms with Gasteiger partial charge in [0.05, 0.1) is 0 Å². The lowest BCUT2D eigenvalue weighted by molar-refractivity contribution is -0.137. The Bertz CT molecular complexity index is 474. The average molecular weight is 252 g/mol. The highest BCUT2D eigenvalue weighted by Crippen LogP contribution is 2.30. The second-order valence-electron chi connectivity index (χ2n) is 4.39. The summed E-state index contributed by atoms with van der Waals surface area (Å²) in [6.07, 6.45) is 3.21. The monoisotopic (exact) mass is 252 g/mol. The zero-order valence-corrected chi connectivity index (χ0v) is 9.67. The Morgan fingerprint density at radius 1 is 1.50 bits per heavy atom. The number of hydrogen-bond donors (Lipinski definition) is 1. The molecule has 1 aliphatic carbocycles. The van der Waals surface area contributed by atoms with E-state index in [9.17, 15) is 14.0 Å². The highest BCUT2D eigenvalue weighted by atomic mass is 19.1. The van der Waals surface area contributed by atoms with Crippen LogP contribution in [0, 0.1) is 11.9 Å². The fraction of sp³-hybridized carbons (Fsp3) is 0.417. The second-order valence-corrected chi connectivity index (χ2v) is 4.39. The molecule has 5 nitrogen and oxygen atoms in total. The topological polar surface area (TPSA) is 70.5 Å². The molecule has 1 fully saturated rings. The van der Waals surface area contributed by atoms with Crippen LogP contribution in [0.25, 0.3) is 0 Å². The Kier molecular flexibility index (Phi) is 3.55. The Labute approximate surface area is 103 Å². The molecule has 1 aromatic heterocycles. The van der Waals surface area contributed by atoms with Crippen LogP contribution in [0.4, 0.5) is 4.39 Å². The summed E-state index contributed by atoms with van der Waals surface area (Å²) in [5.41, 5.74) is 0.129. The number of carbonyl (C=O) groups is 2. The van der Waals surface area contributed by atoms with Gasteiger partial charge in [0.15, 0.2) is 0 Å². The maximum atomic E-state index is 12.9. The number of carboxylic acid groups (broad SMARTS) is 1. The molecule has 1 aromatic rings. The maximum Gasteiger partial charge on any atom is 0.323 e. The van der Waals surface area contributed by atoms with Gasteiger partial charge in [0.2, 0.25) is 5.95 Å². The normalized spacial score (nSPS) is 14.3. The number of aromatic nitrogens is 1. The Morgan fingerprint density at radius 3 is 2.78 bits per heavy atom. The third-order valence-electron chi connectivity index (χ3n) is 2.76. The van der Waals surface area contributed by atoms with Gasteiger partial charge in [0, 0.05) is 24.4 Å². The van der Waals surface area contributed by atoms with Crippen LogP contribution in [-0.4, -0.2) is 40.0 Å². The molecule has 1 heterocycles. The van der Waals surface area contributed by atoms with Crippen molar-refractivity contribution >= 4 is 11.9 Å². The fourth-order valence-corrected chi connectivity index (χ4v) is 1.71.